The average molecular weight is 298 g/mol. The van der Waals surface area contributed by atoms with Crippen LogP contribution in [0.4, 0.5) is 0 Å². The predicted octanol–water partition coefficient (Wildman–Crippen LogP) is 2.20. The van der Waals surface area contributed by atoms with Gasteiger partial charge < -0.3 is 4.74 Å². The molecular formula is C17H18N2O3. The van der Waals surface area contributed by atoms with Crippen LogP contribution in [0.15, 0.2) is 48.5 Å². The highest BCUT2D eigenvalue weighted by Gasteiger charge is 2.49. The molecule has 2 aromatic carbocycles. The van der Waals surface area contributed by atoms with Crippen molar-refractivity contribution < 1.29 is 14.4 Å². The minimum atomic E-state index is -1.15. The second kappa shape index (κ2) is 5.44. The number of hydrogen-bond acceptors (Lipinski definition) is 4. The Morgan fingerprint density at radius 1 is 1.18 bits per heavy atom. The van der Waals surface area contributed by atoms with E-state index in [1.807, 2.05) is 49.4 Å². The van der Waals surface area contributed by atoms with Crippen LogP contribution in [0.3, 0.4) is 0 Å². The number of amides is 1. The minimum absolute atomic E-state index is 0.104. The molecule has 1 unspecified atom stereocenters. The molecule has 1 atom stereocenters. The smallest absolute Gasteiger partial charge is 0.280 e. The first-order valence-corrected chi connectivity index (χ1v) is 7.03. The molecule has 0 fully saturated rings. The average Bonchev–Trinajstić information content (AvgIpc) is 2.74. The Morgan fingerprint density at radius 3 is 2.59 bits per heavy atom. The number of nitrogens with two attached hydrogens (primary N) is 1. The summed E-state index contributed by atoms with van der Waals surface area (Å²) in [5.41, 5.74) is 7.63. The number of nitrogens with zero attached hydrogens (tertiary/aromatic N) is 1. The number of hydrogen-bond donors (Lipinski definition) is 1. The van der Waals surface area contributed by atoms with E-state index in [1.165, 1.54) is 12.2 Å². The summed E-state index contributed by atoms with van der Waals surface area (Å²) in [5, 5.41) is 1.18. The first kappa shape index (κ1) is 14.6. The predicted molar refractivity (Wildman–Crippen MR) is 82.2 cm³/mol. The van der Waals surface area contributed by atoms with Crippen LogP contribution in [0, 0.1) is 6.92 Å². The molecule has 22 heavy (non-hydrogen) atoms. The van der Waals surface area contributed by atoms with Gasteiger partial charge >= 0.3 is 0 Å². The molecular weight excluding hydrogens is 280 g/mol. The van der Waals surface area contributed by atoms with Crippen molar-refractivity contribution in [3.8, 4) is 5.75 Å². The summed E-state index contributed by atoms with van der Waals surface area (Å²) >= 11 is 0. The van der Waals surface area contributed by atoms with Crippen molar-refractivity contribution in [1.29, 1.82) is 0 Å². The third-order valence-corrected chi connectivity index (χ3v) is 3.80. The van der Waals surface area contributed by atoms with Gasteiger partial charge in [0, 0.05) is 11.1 Å². The molecule has 1 aliphatic heterocycles. The third-order valence-electron chi connectivity index (χ3n) is 3.80. The summed E-state index contributed by atoms with van der Waals surface area (Å²) in [4.78, 5) is 17.7. The Morgan fingerprint density at radius 2 is 1.91 bits per heavy atom. The van der Waals surface area contributed by atoms with E-state index in [-0.39, 0.29) is 12.5 Å². The fraction of sp³-hybridized carbons (Fsp3) is 0.235. The van der Waals surface area contributed by atoms with Gasteiger partial charge in [0.05, 0.1) is 7.11 Å². The van der Waals surface area contributed by atoms with E-state index in [9.17, 15) is 4.79 Å². The van der Waals surface area contributed by atoms with E-state index in [0.29, 0.717) is 11.3 Å². The molecule has 3 rings (SSSR count). The monoisotopic (exact) mass is 298 g/mol. The zero-order valence-corrected chi connectivity index (χ0v) is 12.6. The Balaban J connectivity index is 1.96. The number of hydroxylamine groups is 2. The van der Waals surface area contributed by atoms with Crippen LogP contribution in [-0.4, -0.2) is 24.7 Å². The molecule has 0 bridgehead atoms. The van der Waals surface area contributed by atoms with Gasteiger partial charge in [-0.3, -0.25) is 15.4 Å². The highest BCUT2D eigenvalue weighted by atomic mass is 16.7. The first-order valence-electron chi connectivity index (χ1n) is 7.03. The Hall–Kier alpha value is -2.37. The van der Waals surface area contributed by atoms with Gasteiger partial charge in [0.2, 0.25) is 0 Å². The summed E-state index contributed by atoms with van der Waals surface area (Å²) in [6, 6.07) is 14.9. The van der Waals surface area contributed by atoms with Gasteiger partial charge in [-0.15, -0.1) is 0 Å². The summed E-state index contributed by atoms with van der Waals surface area (Å²) in [6.45, 7) is 2.06. The number of aryl methyl sites for hydroxylation is 1. The standard InChI is InChI=1S/C17H18N2O3/c1-12-8-9-14-15(10-12)17(18,19(21-2)16(14)20)11-22-13-6-4-3-5-7-13/h3-10H,11,18H2,1-2H3. The lowest BCUT2D eigenvalue weighted by atomic mass is 9.98. The van der Waals surface area contributed by atoms with Crippen LogP contribution in [0.25, 0.3) is 0 Å². The molecule has 5 heteroatoms. The van der Waals surface area contributed by atoms with Gasteiger partial charge in [0.15, 0.2) is 5.66 Å². The van der Waals surface area contributed by atoms with Gasteiger partial charge in [0.25, 0.3) is 5.91 Å². The van der Waals surface area contributed by atoms with Gasteiger partial charge in [-0.1, -0.05) is 35.9 Å². The second-order valence-electron chi connectivity index (χ2n) is 5.36. The Kier molecular flexibility index (Phi) is 3.60. The Labute approximate surface area is 129 Å². The molecule has 114 valence electrons. The molecule has 2 aromatic rings. The normalized spacial score (nSPS) is 20.1. The van der Waals surface area contributed by atoms with E-state index in [4.69, 9.17) is 15.3 Å². The lowest BCUT2D eigenvalue weighted by molar-refractivity contribution is -0.167. The van der Waals surface area contributed by atoms with E-state index in [2.05, 4.69) is 0 Å². The van der Waals surface area contributed by atoms with Crippen LogP contribution in [0.5, 0.6) is 5.75 Å². The summed E-state index contributed by atoms with van der Waals surface area (Å²) in [5.74, 6) is 0.439. The van der Waals surface area contributed by atoms with Crippen molar-refractivity contribution in [3.63, 3.8) is 0 Å². The second-order valence-corrected chi connectivity index (χ2v) is 5.36. The maximum absolute atomic E-state index is 12.4. The zero-order chi connectivity index (χ0) is 15.7. The Bertz CT molecular complexity index is 702. The van der Waals surface area contributed by atoms with Gasteiger partial charge in [-0.2, -0.15) is 5.06 Å². The number of para-hydroxylation sites is 1. The third kappa shape index (κ3) is 2.24. The number of ether oxygens (including phenoxy) is 1. The molecule has 0 spiro atoms. The lowest BCUT2D eigenvalue weighted by Crippen LogP contribution is -2.54. The highest BCUT2D eigenvalue weighted by molar-refractivity contribution is 5.99. The molecule has 1 heterocycles. The van der Waals surface area contributed by atoms with Crippen LogP contribution in [0.1, 0.15) is 21.5 Å². The topological polar surface area (TPSA) is 64.8 Å². The number of carbonyl (C=O) groups is 1. The van der Waals surface area contributed by atoms with Gasteiger partial charge in [-0.05, 0) is 25.1 Å². The quantitative estimate of drug-likeness (QED) is 0.940. The van der Waals surface area contributed by atoms with Crippen molar-refractivity contribution in [3.05, 3.63) is 65.2 Å². The molecule has 0 saturated heterocycles. The number of carbonyl (C=O) groups excluding carboxylic acids is 1. The van der Waals surface area contributed by atoms with Gasteiger partial charge in [0.1, 0.15) is 12.4 Å². The molecule has 2 N–H and O–H groups in total. The largest absolute Gasteiger partial charge is 0.489 e. The molecule has 0 radical (unpaired) electrons. The van der Waals surface area contributed by atoms with Crippen molar-refractivity contribution >= 4 is 5.91 Å². The first-order chi connectivity index (χ1) is 10.6. The summed E-state index contributed by atoms with van der Waals surface area (Å²) in [6.07, 6.45) is 0. The van der Waals surface area contributed by atoms with Crippen LogP contribution in [-0.2, 0) is 10.5 Å². The molecule has 1 aliphatic rings. The summed E-state index contributed by atoms with van der Waals surface area (Å²) in [7, 11) is 1.43. The van der Waals surface area contributed by atoms with Crippen molar-refractivity contribution in [2.24, 2.45) is 5.73 Å². The van der Waals surface area contributed by atoms with E-state index >= 15 is 0 Å². The maximum atomic E-state index is 12.4. The SMILES string of the molecule is CON1C(=O)c2ccc(C)cc2C1(N)COc1ccccc1. The van der Waals surface area contributed by atoms with Crippen LogP contribution < -0.4 is 10.5 Å². The van der Waals surface area contributed by atoms with E-state index in [1.54, 1.807) is 6.07 Å². The number of rotatable bonds is 4. The fourth-order valence-corrected chi connectivity index (χ4v) is 2.70. The van der Waals surface area contributed by atoms with Crippen LogP contribution >= 0.6 is 0 Å². The van der Waals surface area contributed by atoms with Crippen molar-refractivity contribution in [1.82, 2.24) is 5.06 Å². The molecule has 0 aromatic heterocycles. The number of fused-ring (bicyclic) bond motifs is 1. The fourth-order valence-electron chi connectivity index (χ4n) is 2.70. The minimum Gasteiger partial charge on any atom is -0.489 e. The zero-order valence-electron chi connectivity index (χ0n) is 12.6. The summed E-state index contributed by atoms with van der Waals surface area (Å²) < 4.78 is 5.77. The molecule has 0 saturated carbocycles. The molecule has 1 amide bonds. The lowest BCUT2D eigenvalue weighted by Gasteiger charge is -2.33. The van der Waals surface area contributed by atoms with Crippen molar-refractivity contribution in [2.75, 3.05) is 13.7 Å². The van der Waals surface area contributed by atoms with Gasteiger partial charge in [-0.25, -0.2) is 0 Å². The van der Waals surface area contributed by atoms with E-state index < -0.39 is 5.66 Å². The van der Waals surface area contributed by atoms with E-state index in [0.717, 1.165) is 11.1 Å². The number of benzene rings is 2. The highest BCUT2D eigenvalue weighted by Crippen LogP contribution is 2.36. The van der Waals surface area contributed by atoms with Crippen molar-refractivity contribution in [2.45, 2.75) is 12.6 Å². The van der Waals surface area contributed by atoms with Crippen LogP contribution in [0.2, 0.25) is 0 Å². The maximum Gasteiger partial charge on any atom is 0.280 e. The molecule has 5 nitrogen and oxygen atoms in total. The molecule has 0 aliphatic carbocycles.